The molecule has 1 heterocycles. The number of rotatable bonds is 9. The first-order chi connectivity index (χ1) is 14.5. The number of amides is 4. The van der Waals surface area contributed by atoms with E-state index in [2.05, 4.69) is 21.2 Å². The van der Waals surface area contributed by atoms with E-state index in [1.165, 1.54) is 4.90 Å². The number of halogens is 1. The van der Waals surface area contributed by atoms with Gasteiger partial charge in [-0.1, -0.05) is 28.1 Å². The first-order valence-electron chi connectivity index (χ1n) is 9.04. The van der Waals surface area contributed by atoms with Crippen LogP contribution in [0.2, 0.25) is 0 Å². The molecule has 0 aliphatic heterocycles. The third kappa shape index (κ3) is 5.38. The van der Waals surface area contributed by atoms with Gasteiger partial charge in [-0.15, -0.1) is 0 Å². The molecule has 3 aromatic rings. The first-order valence-corrected chi connectivity index (χ1v) is 9.83. The zero-order valence-corrected chi connectivity index (χ0v) is 17.7. The van der Waals surface area contributed by atoms with E-state index in [4.69, 9.17) is 9.15 Å². The summed E-state index contributed by atoms with van der Waals surface area (Å²) in [4.78, 5) is 35.8. The minimum atomic E-state index is -0.688. The summed E-state index contributed by atoms with van der Waals surface area (Å²) in [6.45, 7) is 0.468. The number of carbonyl (C=O) groups is 3. The fourth-order valence-corrected chi connectivity index (χ4v) is 3.39. The van der Waals surface area contributed by atoms with Gasteiger partial charge in [-0.2, -0.15) is 0 Å². The minimum Gasteiger partial charge on any atom is -0.497 e. The predicted octanol–water partition coefficient (Wildman–Crippen LogP) is 3.36. The summed E-state index contributed by atoms with van der Waals surface area (Å²) in [6.07, 6.45) is 0.993. The van der Waals surface area contributed by atoms with Gasteiger partial charge in [0.25, 0.3) is 0 Å². The number of nitrogens with one attached hydrogen (secondary N) is 2. The lowest BCUT2D eigenvalue weighted by Gasteiger charge is -2.24. The van der Waals surface area contributed by atoms with Gasteiger partial charge in [0.05, 0.1) is 7.11 Å². The SMILES string of the molecule is COc1ccc(CN(C=O)C[C@H](NC(=O)NC=O)c2cc3cc(Br)ccc3o2)cc1. The van der Waals surface area contributed by atoms with Crippen molar-refractivity contribution < 1.29 is 23.5 Å². The Kier molecular flexibility index (Phi) is 7.08. The summed E-state index contributed by atoms with van der Waals surface area (Å²) >= 11 is 3.41. The van der Waals surface area contributed by atoms with E-state index < -0.39 is 12.1 Å². The number of hydrogen-bond donors (Lipinski definition) is 2. The Balaban J connectivity index is 1.82. The highest BCUT2D eigenvalue weighted by molar-refractivity contribution is 9.10. The van der Waals surface area contributed by atoms with Gasteiger partial charge in [-0.25, -0.2) is 4.79 Å². The number of hydrogen-bond acceptors (Lipinski definition) is 5. The summed E-state index contributed by atoms with van der Waals surface area (Å²) in [7, 11) is 1.58. The fourth-order valence-electron chi connectivity index (χ4n) is 3.01. The molecule has 0 bridgehead atoms. The maximum Gasteiger partial charge on any atom is 0.321 e. The van der Waals surface area contributed by atoms with Crippen molar-refractivity contribution in [2.75, 3.05) is 13.7 Å². The van der Waals surface area contributed by atoms with Crippen LogP contribution < -0.4 is 15.4 Å². The average molecular weight is 474 g/mol. The van der Waals surface area contributed by atoms with E-state index in [1.807, 2.05) is 41.7 Å². The lowest BCUT2D eigenvalue weighted by molar-refractivity contribution is -0.119. The molecule has 2 N–H and O–H groups in total. The molecule has 1 atom stereocenters. The van der Waals surface area contributed by atoms with Crippen molar-refractivity contribution in [3.63, 3.8) is 0 Å². The van der Waals surface area contributed by atoms with Crippen molar-refractivity contribution in [3.8, 4) is 5.75 Å². The highest BCUT2D eigenvalue weighted by atomic mass is 79.9. The second-order valence-corrected chi connectivity index (χ2v) is 7.42. The lowest BCUT2D eigenvalue weighted by atomic mass is 10.1. The van der Waals surface area contributed by atoms with Gasteiger partial charge in [0, 0.05) is 22.9 Å². The third-order valence-electron chi connectivity index (χ3n) is 4.45. The molecule has 30 heavy (non-hydrogen) atoms. The highest BCUT2D eigenvalue weighted by Crippen LogP contribution is 2.27. The summed E-state index contributed by atoms with van der Waals surface area (Å²) in [5.74, 6) is 1.18. The first kappa shape index (κ1) is 21.4. The van der Waals surface area contributed by atoms with E-state index in [9.17, 15) is 14.4 Å². The topological polar surface area (TPSA) is 101 Å². The van der Waals surface area contributed by atoms with Crippen LogP contribution in [-0.2, 0) is 16.1 Å². The van der Waals surface area contributed by atoms with Gasteiger partial charge in [0.2, 0.25) is 12.8 Å². The normalized spacial score (nSPS) is 11.5. The number of nitrogens with zero attached hydrogens (tertiary/aromatic N) is 1. The molecule has 0 aliphatic carbocycles. The zero-order valence-electron chi connectivity index (χ0n) is 16.1. The molecule has 0 unspecified atom stereocenters. The highest BCUT2D eigenvalue weighted by Gasteiger charge is 2.22. The fraction of sp³-hybridized carbons (Fsp3) is 0.190. The number of carbonyl (C=O) groups excluding carboxylic acids is 3. The van der Waals surface area contributed by atoms with Crippen molar-refractivity contribution in [2.45, 2.75) is 12.6 Å². The van der Waals surface area contributed by atoms with Crippen LogP contribution >= 0.6 is 15.9 Å². The third-order valence-corrected chi connectivity index (χ3v) is 4.94. The van der Waals surface area contributed by atoms with E-state index in [0.717, 1.165) is 21.2 Å². The molecule has 4 amide bonds. The van der Waals surface area contributed by atoms with Crippen molar-refractivity contribution >= 4 is 45.8 Å². The van der Waals surface area contributed by atoms with Crippen LogP contribution in [-0.4, -0.2) is 37.4 Å². The van der Waals surface area contributed by atoms with Crippen LogP contribution in [0.5, 0.6) is 5.75 Å². The Morgan fingerprint density at radius 2 is 1.97 bits per heavy atom. The van der Waals surface area contributed by atoms with Gasteiger partial charge >= 0.3 is 6.03 Å². The van der Waals surface area contributed by atoms with Gasteiger partial charge in [0.15, 0.2) is 0 Å². The van der Waals surface area contributed by atoms with Crippen molar-refractivity contribution in [2.24, 2.45) is 0 Å². The summed E-state index contributed by atoms with van der Waals surface area (Å²) in [5, 5.41) is 5.56. The van der Waals surface area contributed by atoms with Gasteiger partial charge in [-0.3, -0.25) is 14.9 Å². The van der Waals surface area contributed by atoms with Crippen LogP contribution in [0.25, 0.3) is 11.0 Å². The van der Waals surface area contributed by atoms with Gasteiger partial charge in [-0.05, 0) is 42.0 Å². The summed E-state index contributed by atoms with van der Waals surface area (Å²) in [5.41, 5.74) is 1.54. The molecule has 3 rings (SSSR count). The smallest absolute Gasteiger partial charge is 0.321 e. The number of urea groups is 1. The molecule has 156 valence electrons. The van der Waals surface area contributed by atoms with Crippen LogP contribution in [0, 0.1) is 0 Å². The number of imide groups is 1. The van der Waals surface area contributed by atoms with Crippen molar-refractivity contribution in [1.82, 2.24) is 15.5 Å². The molecule has 8 nitrogen and oxygen atoms in total. The molecule has 0 radical (unpaired) electrons. The van der Waals surface area contributed by atoms with E-state index >= 15 is 0 Å². The Morgan fingerprint density at radius 3 is 2.63 bits per heavy atom. The van der Waals surface area contributed by atoms with E-state index in [0.29, 0.717) is 24.3 Å². The van der Waals surface area contributed by atoms with E-state index in [1.54, 1.807) is 19.2 Å². The quantitative estimate of drug-likeness (QED) is 0.464. The average Bonchev–Trinajstić information content (AvgIpc) is 3.16. The van der Waals surface area contributed by atoms with Crippen LogP contribution in [0.4, 0.5) is 4.79 Å². The Morgan fingerprint density at radius 1 is 1.20 bits per heavy atom. The predicted molar refractivity (Wildman–Crippen MR) is 114 cm³/mol. The molecule has 0 saturated heterocycles. The van der Waals surface area contributed by atoms with Crippen LogP contribution in [0.3, 0.4) is 0 Å². The monoisotopic (exact) mass is 473 g/mol. The zero-order chi connectivity index (χ0) is 21.5. The molecule has 0 saturated carbocycles. The second kappa shape index (κ2) is 9.93. The minimum absolute atomic E-state index is 0.142. The van der Waals surface area contributed by atoms with Gasteiger partial charge < -0.3 is 19.4 Å². The number of methoxy groups -OCH3 is 1. The molecular formula is C21H20BrN3O5. The maximum atomic E-state index is 12.0. The molecular weight excluding hydrogens is 454 g/mol. The summed E-state index contributed by atoms with van der Waals surface area (Å²) < 4.78 is 11.9. The van der Waals surface area contributed by atoms with Crippen LogP contribution in [0.15, 0.2) is 57.4 Å². The Labute approximate surface area is 181 Å². The number of ether oxygens (including phenoxy) is 1. The molecule has 9 heteroatoms. The van der Waals surface area contributed by atoms with Crippen molar-refractivity contribution in [1.29, 1.82) is 0 Å². The van der Waals surface area contributed by atoms with Crippen molar-refractivity contribution in [3.05, 3.63) is 64.3 Å². The number of benzene rings is 2. The number of fused-ring (bicyclic) bond motifs is 1. The molecule has 0 spiro atoms. The molecule has 2 aromatic carbocycles. The molecule has 1 aromatic heterocycles. The van der Waals surface area contributed by atoms with Crippen LogP contribution in [0.1, 0.15) is 17.4 Å². The number of furan rings is 1. The standard InChI is InChI=1S/C21H20BrN3O5/c1-29-17-5-2-14(3-6-17)10-25(13-27)11-18(24-21(28)23-12-26)20-9-15-8-16(22)4-7-19(15)30-20/h2-9,12-13,18H,10-11H2,1H3,(H2,23,24,26,28)/t18-/m0/s1. The Hall–Kier alpha value is -3.33. The molecule has 0 fully saturated rings. The lowest BCUT2D eigenvalue weighted by Crippen LogP contribution is -2.41. The maximum absolute atomic E-state index is 12.0. The van der Waals surface area contributed by atoms with E-state index in [-0.39, 0.29) is 13.0 Å². The summed E-state index contributed by atoms with van der Waals surface area (Å²) in [6, 6.07) is 13.3. The largest absolute Gasteiger partial charge is 0.497 e. The van der Waals surface area contributed by atoms with Gasteiger partial charge in [0.1, 0.15) is 23.1 Å². The second-order valence-electron chi connectivity index (χ2n) is 6.50. The molecule has 0 aliphatic rings. The Bertz CT molecular complexity index is 1030.